The summed E-state index contributed by atoms with van der Waals surface area (Å²) in [6, 6.07) is 16.3. The van der Waals surface area contributed by atoms with Crippen LogP contribution in [0.3, 0.4) is 0 Å². The van der Waals surface area contributed by atoms with Gasteiger partial charge in [0.05, 0.1) is 0 Å². The van der Waals surface area contributed by atoms with Crippen LogP contribution in [0.4, 0.5) is 5.69 Å². The number of hydrogen-bond donors (Lipinski definition) is 1. The highest BCUT2D eigenvalue weighted by molar-refractivity contribution is 6.01. The molecule has 1 aliphatic heterocycles. The molecule has 1 N–H and O–H groups in total. The maximum atomic E-state index is 12.0. The van der Waals surface area contributed by atoms with Gasteiger partial charge in [0, 0.05) is 30.4 Å². The van der Waals surface area contributed by atoms with Gasteiger partial charge >= 0.3 is 0 Å². The summed E-state index contributed by atoms with van der Waals surface area (Å²) in [6.45, 7) is 0. The number of fused-ring (bicyclic) bond motifs is 3. The van der Waals surface area contributed by atoms with Crippen LogP contribution in [0.15, 0.2) is 60.9 Å². The van der Waals surface area contributed by atoms with Crippen LogP contribution in [-0.2, 0) is 4.79 Å². The minimum atomic E-state index is 0.0617. The molecule has 4 rings (SSSR count). The van der Waals surface area contributed by atoms with Gasteiger partial charge in [-0.1, -0.05) is 36.4 Å². The molecule has 2 heterocycles. The number of carbonyl (C=O) groups is 1. The number of carbonyl (C=O) groups excluding carboxylic acids is 1. The lowest BCUT2D eigenvalue weighted by Crippen LogP contribution is -2.23. The molecule has 0 unspecified atom stereocenters. The molecule has 1 aliphatic rings. The average molecular weight is 274 g/mol. The number of aromatic nitrogens is 1. The summed E-state index contributed by atoms with van der Waals surface area (Å²) in [5.74, 6) is 0.125. The van der Waals surface area contributed by atoms with Crippen molar-refractivity contribution in [3.63, 3.8) is 0 Å². The Balaban J connectivity index is 2.00. The summed E-state index contributed by atoms with van der Waals surface area (Å²) < 4.78 is 0. The standard InChI is InChI=1S/C18H14N2O/c21-17-10-15(13-5-3-9-19-11-13)18-14-6-2-1-4-12(14)7-8-16(18)20-17/h1-9,11,15H,10H2,(H,20,21)/t15-/m0/s1. The van der Waals surface area contributed by atoms with Crippen LogP contribution in [0.25, 0.3) is 10.8 Å². The summed E-state index contributed by atoms with van der Waals surface area (Å²) in [4.78, 5) is 16.2. The smallest absolute Gasteiger partial charge is 0.225 e. The first-order valence-corrected chi connectivity index (χ1v) is 7.04. The number of anilines is 1. The average Bonchev–Trinajstić information content (AvgIpc) is 2.54. The lowest BCUT2D eigenvalue weighted by molar-refractivity contribution is -0.116. The van der Waals surface area contributed by atoms with Gasteiger partial charge in [-0.3, -0.25) is 9.78 Å². The quantitative estimate of drug-likeness (QED) is 0.735. The number of nitrogens with zero attached hydrogens (tertiary/aromatic N) is 1. The van der Waals surface area contributed by atoms with E-state index >= 15 is 0 Å². The number of pyridine rings is 1. The predicted molar refractivity (Wildman–Crippen MR) is 83.3 cm³/mol. The highest BCUT2D eigenvalue weighted by Gasteiger charge is 2.28. The Morgan fingerprint density at radius 3 is 2.81 bits per heavy atom. The lowest BCUT2D eigenvalue weighted by atomic mass is 9.82. The van der Waals surface area contributed by atoms with E-state index in [1.165, 1.54) is 16.3 Å². The third-order valence-electron chi connectivity index (χ3n) is 4.07. The molecule has 0 saturated heterocycles. The molecule has 3 heteroatoms. The number of amides is 1. The minimum Gasteiger partial charge on any atom is -0.326 e. The molecule has 3 aromatic rings. The van der Waals surface area contributed by atoms with Crippen LogP contribution in [0.2, 0.25) is 0 Å². The fourth-order valence-corrected chi connectivity index (χ4v) is 3.14. The van der Waals surface area contributed by atoms with Crippen molar-refractivity contribution < 1.29 is 4.79 Å². The Labute approximate surface area is 122 Å². The third kappa shape index (κ3) is 1.98. The molecule has 1 amide bonds. The number of hydrogen-bond acceptors (Lipinski definition) is 2. The van der Waals surface area contributed by atoms with E-state index in [0.717, 1.165) is 11.3 Å². The second kappa shape index (κ2) is 4.70. The molecule has 0 spiro atoms. The normalized spacial score (nSPS) is 17.3. The van der Waals surface area contributed by atoms with E-state index in [4.69, 9.17) is 0 Å². The van der Waals surface area contributed by atoms with E-state index in [1.807, 2.05) is 36.5 Å². The van der Waals surface area contributed by atoms with Crippen molar-refractivity contribution in [3.8, 4) is 0 Å². The van der Waals surface area contributed by atoms with Crippen molar-refractivity contribution in [2.75, 3.05) is 5.32 Å². The molecule has 0 radical (unpaired) electrons. The molecule has 102 valence electrons. The van der Waals surface area contributed by atoms with E-state index in [-0.39, 0.29) is 11.8 Å². The van der Waals surface area contributed by atoms with Crippen LogP contribution >= 0.6 is 0 Å². The van der Waals surface area contributed by atoms with Gasteiger partial charge in [-0.25, -0.2) is 0 Å². The zero-order valence-corrected chi connectivity index (χ0v) is 11.4. The van der Waals surface area contributed by atoms with Gasteiger partial charge in [0.1, 0.15) is 0 Å². The molecule has 0 saturated carbocycles. The summed E-state index contributed by atoms with van der Waals surface area (Å²) in [7, 11) is 0. The summed E-state index contributed by atoms with van der Waals surface area (Å²) >= 11 is 0. The highest BCUT2D eigenvalue weighted by atomic mass is 16.1. The molecule has 1 aromatic heterocycles. The van der Waals surface area contributed by atoms with Gasteiger partial charge in [-0.15, -0.1) is 0 Å². The molecular formula is C18H14N2O. The first kappa shape index (κ1) is 12.1. The maximum Gasteiger partial charge on any atom is 0.225 e. The SMILES string of the molecule is O=C1C[C@@H](c2cccnc2)c2c(ccc3ccccc23)N1. The summed E-state index contributed by atoms with van der Waals surface area (Å²) in [5.41, 5.74) is 3.20. The Bertz CT molecular complexity index is 827. The number of nitrogens with one attached hydrogen (secondary N) is 1. The molecule has 3 nitrogen and oxygen atoms in total. The van der Waals surface area contributed by atoms with Crippen molar-refractivity contribution in [2.45, 2.75) is 12.3 Å². The Hall–Kier alpha value is -2.68. The molecule has 0 aliphatic carbocycles. The van der Waals surface area contributed by atoms with Crippen LogP contribution in [0.1, 0.15) is 23.5 Å². The van der Waals surface area contributed by atoms with Gasteiger partial charge in [0.25, 0.3) is 0 Å². The van der Waals surface area contributed by atoms with Crippen LogP contribution < -0.4 is 5.32 Å². The second-order valence-corrected chi connectivity index (χ2v) is 5.34. The Kier molecular flexibility index (Phi) is 2.71. The Morgan fingerprint density at radius 1 is 1.05 bits per heavy atom. The van der Waals surface area contributed by atoms with Crippen LogP contribution in [0, 0.1) is 0 Å². The van der Waals surface area contributed by atoms with Crippen LogP contribution in [0.5, 0.6) is 0 Å². The van der Waals surface area contributed by atoms with E-state index in [2.05, 4.69) is 28.5 Å². The zero-order valence-electron chi connectivity index (χ0n) is 11.4. The fraction of sp³-hybridized carbons (Fsp3) is 0.111. The summed E-state index contributed by atoms with van der Waals surface area (Å²) in [5, 5.41) is 5.39. The van der Waals surface area contributed by atoms with Gasteiger partial charge in [0.15, 0.2) is 0 Å². The largest absolute Gasteiger partial charge is 0.326 e. The van der Waals surface area contributed by atoms with E-state index < -0.39 is 0 Å². The topological polar surface area (TPSA) is 42.0 Å². The monoisotopic (exact) mass is 274 g/mol. The third-order valence-corrected chi connectivity index (χ3v) is 4.07. The number of benzene rings is 2. The molecule has 0 fully saturated rings. The van der Waals surface area contributed by atoms with Crippen molar-refractivity contribution >= 4 is 22.4 Å². The highest BCUT2D eigenvalue weighted by Crippen LogP contribution is 2.41. The van der Waals surface area contributed by atoms with E-state index in [0.29, 0.717) is 6.42 Å². The fourth-order valence-electron chi connectivity index (χ4n) is 3.14. The first-order chi connectivity index (χ1) is 10.3. The molecule has 2 aromatic carbocycles. The second-order valence-electron chi connectivity index (χ2n) is 5.34. The van der Waals surface area contributed by atoms with Gasteiger partial charge < -0.3 is 5.32 Å². The van der Waals surface area contributed by atoms with Gasteiger partial charge in [-0.05, 0) is 34.0 Å². The molecule has 21 heavy (non-hydrogen) atoms. The first-order valence-electron chi connectivity index (χ1n) is 7.04. The molecule has 1 atom stereocenters. The van der Waals surface area contributed by atoms with E-state index in [9.17, 15) is 4.79 Å². The van der Waals surface area contributed by atoms with E-state index in [1.54, 1.807) is 6.20 Å². The van der Waals surface area contributed by atoms with Crippen molar-refractivity contribution in [1.29, 1.82) is 0 Å². The molecule has 0 bridgehead atoms. The predicted octanol–water partition coefficient (Wildman–Crippen LogP) is 3.71. The van der Waals surface area contributed by atoms with Gasteiger partial charge in [0.2, 0.25) is 5.91 Å². The molecular weight excluding hydrogens is 260 g/mol. The van der Waals surface area contributed by atoms with Crippen LogP contribution in [-0.4, -0.2) is 10.9 Å². The van der Waals surface area contributed by atoms with Gasteiger partial charge in [-0.2, -0.15) is 0 Å². The zero-order chi connectivity index (χ0) is 14.2. The summed E-state index contributed by atoms with van der Waals surface area (Å²) in [6.07, 6.45) is 4.08. The maximum absolute atomic E-state index is 12.0. The van der Waals surface area contributed by atoms with Crippen molar-refractivity contribution in [1.82, 2.24) is 4.98 Å². The number of rotatable bonds is 1. The minimum absolute atomic E-state index is 0.0617. The van der Waals surface area contributed by atoms with Crippen molar-refractivity contribution in [2.24, 2.45) is 0 Å². The van der Waals surface area contributed by atoms with Crippen molar-refractivity contribution in [3.05, 3.63) is 72.1 Å². The Morgan fingerprint density at radius 2 is 1.95 bits per heavy atom. The lowest BCUT2D eigenvalue weighted by Gasteiger charge is -2.27.